The van der Waals surface area contributed by atoms with Gasteiger partial charge in [-0.25, -0.2) is 0 Å². The van der Waals surface area contributed by atoms with Crippen LogP contribution in [0.3, 0.4) is 0 Å². The van der Waals surface area contributed by atoms with Crippen molar-refractivity contribution in [2.75, 3.05) is 13.1 Å². The first-order valence-corrected chi connectivity index (χ1v) is 8.66. The second-order valence-corrected chi connectivity index (χ2v) is 6.51. The van der Waals surface area contributed by atoms with E-state index in [2.05, 4.69) is 29.6 Å². The van der Waals surface area contributed by atoms with Gasteiger partial charge in [-0.2, -0.15) is 0 Å². The molecule has 0 saturated heterocycles. The highest BCUT2D eigenvalue weighted by Gasteiger charge is 2.20. The minimum absolute atomic E-state index is 0. The van der Waals surface area contributed by atoms with E-state index >= 15 is 0 Å². The molecule has 7 heteroatoms. The number of guanidine groups is 1. The standard InChI is InChI=1S/C17H30N4O2.HI/c1-5-18-17(20-14-6-8-15(22)9-7-14)19-10-11(2)16-12(3)21-23-13(16)4;/h11,14-15,22H,5-10H2,1-4H3,(H2,18,19,20);1H. The van der Waals surface area contributed by atoms with Crippen LogP contribution in [-0.4, -0.2) is 41.5 Å². The van der Waals surface area contributed by atoms with Crippen molar-refractivity contribution < 1.29 is 9.63 Å². The van der Waals surface area contributed by atoms with Crippen LogP contribution in [0.2, 0.25) is 0 Å². The Morgan fingerprint density at radius 2 is 2.00 bits per heavy atom. The predicted molar refractivity (Wildman–Crippen MR) is 107 cm³/mol. The maximum atomic E-state index is 9.61. The van der Waals surface area contributed by atoms with E-state index in [0.29, 0.717) is 12.6 Å². The first-order chi connectivity index (χ1) is 11.0. The topological polar surface area (TPSA) is 82.7 Å². The molecule has 1 fully saturated rings. The first kappa shape index (κ1) is 21.2. The van der Waals surface area contributed by atoms with E-state index in [4.69, 9.17) is 9.52 Å². The molecule has 0 aliphatic heterocycles. The van der Waals surface area contributed by atoms with Gasteiger partial charge in [-0.15, -0.1) is 24.0 Å². The number of nitrogens with zero attached hydrogens (tertiary/aromatic N) is 2. The Bertz CT molecular complexity index is 505. The molecule has 1 saturated carbocycles. The lowest BCUT2D eigenvalue weighted by atomic mass is 9.93. The monoisotopic (exact) mass is 450 g/mol. The normalized spacial score (nSPS) is 22.6. The molecule has 1 aliphatic rings. The van der Waals surface area contributed by atoms with Crippen LogP contribution in [0.1, 0.15) is 62.5 Å². The number of nitrogens with one attached hydrogen (secondary N) is 2. The fraction of sp³-hybridized carbons (Fsp3) is 0.765. The van der Waals surface area contributed by atoms with E-state index in [1.54, 1.807) is 0 Å². The van der Waals surface area contributed by atoms with Gasteiger partial charge in [0.15, 0.2) is 5.96 Å². The molecule has 1 atom stereocenters. The molecule has 0 bridgehead atoms. The second-order valence-electron chi connectivity index (χ2n) is 6.51. The smallest absolute Gasteiger partial charge is 0.191 e. The van der Waals surface area contributed by atoms with E-state index in [0.717, 1.165) is 55.2 Å². The minimum Gasteiger partial charge on any atom is -0.393 e. The molecule has 0 aromatic carbocycles. The fourth-order valence-electron chi connectivity index (χ4n) is 3.25. The Morgan fingerprint density at radius 3 is 2.54 bits per heavy atom. The van der Waals surface area contributed by atoms with Crippen molar-refractivity contribution in [3.05, 3.63) is 17.0 Å². The molecule has 1 heterocycles. The molecular formula is C17H31IN4O2. The number of halogens is 1. The van der Waals surface area contributed by atoms with E-state index in [1.165, 1.54) is 0 Å². The SMILES string of the molecule is CCNC(=NCC(C)c1c(C)noc1C)NC1CCC(O)CC1.I. The molecule has 0 radical (unpaired) electrons. The fourth-order valence-corrected chi connectivity index (χ4v) is 3.25. The van der Waals surface area contributed by atoms with E-state index in [9.17, 15) is 5.11 Å². The summed E-state index contributed by atoms with van der Waals surface area (Å²) < 4.78 is 5.25. The number of aliphatic hydroxyl groups excluding tert-OH is 1. The van der Waals surface area contributed by atoms with Crippen LogP contribution in [0.15, 0.2) is 9.52 Å². The van der Waals surface area contributed by atoms with Crippen LogP contribution in [-0.2, 0) is 0 Å². The highest BCUT2D eigenvalue weighted by atomic mass is 127. The lowest BCUT2D eigenvalue weighted by Gasteiger charge is -2.27. The highest BCUT2D eigenvalue weighted by Crippen LogP contribution is 2.23. The van der Waals surface area contributed by atoms with Crippen molar-refractivity contribution in [3.63, 3.8) is 0 Å². The molecule has 0 amide bonds. The molecule has 1 aromatic heterocycles. The average molecular weight is 450 g/mol. The molecule has 0 spiro atoms. The lowest BCUT2D eigenvalue weighted by Crippen LogP contribution is -2.45. The second kappa shape index (κ2) is 10.2. The van der Waals surface area contributed by atoms with Gasteiger partial charge in [0.25, 0.3) is 0 Å². The molecule has 6 nitrogen and oxygen atoms in total. The van der Waals surface area contributed by atoms with Crippen LogP contribution in [0, 0.1) is 13.8 Å². The van der Waals surface area contributed by atoms with Gasteiger partial charge in [-0.1, -0.05) is 12.1 Å². The maximum Gasteiger partial charge on any atom is 0.191 e. The van der Waals surface area contributed by atoms with Gasteiger partial charge in [0.1, 0.15) is 5.76 Å². The van der Waals surface area contributed by atoms with Gasteiger partial charge < -0.3 is 20.3 Å². The summed E-state index contributed by atoms with van der Waals surface area (Å²) in [5, 5.41) is 20.4. The van der Waals surface area contributed by atoms with Crippen molar-refractivity contribution in [2.24, 2.45) is 4.99 Å². The number of aliphatic imine (C=N–C) groups is 1. The molecule has 138 valence electrons. The maximum absolute atomic E-state index is 9.61. The summed E-state index contributed by atoms with van der Waals surface area (Å²) in [5.74, 6) is 2.00. The number of aryl methyl sites for hydroxylation is 2. The predicted octanol–water partition coefficient (Wildman–Crippen LogP) is 2.87. The Kier molecular flexibility index (Phi) is 9.04. The number of aromatic nitrogens is 1. The Labute approximate surface area is 161 Å². The summed E-state index contributed by atoms with van der Waals surface area (Å²) in [4.78, 5) is 4.73. The van der Waals surface area contributed by atoms with Crippen molar-refractivity contribution in [3.8, 4) is 0 Å². The number of hydrogen-bond acceptors (Lipinski definition) is 4. The molecule has 3 N–H and O–H groups in total. The molecule has 24 heavy (non-hydrogen) atoms. The summed E-state index contributed by atoms with van der Waals surface area (Å²) in [6, 6.07) is 0.394. The van der Waals surface area contributed by atoms with Gasteiger partial charge in [-0.05, 0) is 46.5 Å². The molecule has 1 aromatic rings. The van der Waals surface area contributed by atoms with Crippen LogP contribution in [0.5, 0.6) is 0 Å². The average Bonchev–Trinajstić information content (AvgIpc) is 2.86. The molecule has 1 unspecified atom stereocenters. The zero-order chi connectivity index (χ0) is 16.8. The highest BCUT2D eigenvalue weighted by molar-refractivity contribution is 14.0. The van der Waals surface area contributed by atoms with E-state index in [1.807, 2.05) is 13.8 Å². The summed E-state index contributed by atoms with van der Waals surface area (Å²) in [5.41, 5.74) is 2.11. The zero-order valence-electron chi connectivity index (χ0n) is 15.1. The zero-order valence-corrected chi connectivity index (χ0v) is 17.5. The Hall–Kier alpha value is -0.830. The largest absolute Gasteiger partial charge is 0.393 e. The van der Waals surface area contributed by atoms with Crippen LogP contribution >= 0.6 is 24.0 Å². The van der Waals surface area contributed by atoms with Crippen LogP contribution in [0.25, 0.3) is 0 Å². The van der Waals surface area contributed by atoms with Gasteiger partial charge >= 0.3 is 0 Å². The molecule has 1 aliphatic carbocycles. The Morgan fingerprint density at radius 1 is 1.33 bits per heavy atom. The van der Waals surface area contributed by atoms with Crippen molar-refractivity contribution in [1.82, 2.24) is 15.8 Å². The summed E-state index contributed by atoms with van der Waals surface area (Å²) in [7, 11) is 0. The lowest BCUT2D eigenvalue weighted by molar-refractivity contribution is 0.120. The first-order valence-electron chi connectivity index (χ1n) is 8.66. The minimum atomic E-state index is -0.132. The molecular weight excluding hydrogens is 419 g/mol. The third-order valence-corrected chi connectivity index (χ3v) is 4.49. The number of hydrogen-bond donors (Lipinski definition) is 3. The van der Waals surface area contributed by atoms with Crippen molar-refractivity contribution in [2.45, 2.75) is 71.4 Å². The summed E-state index contributed by atoms with van der Waals surface area (Å²) in [6.07, 6.45) is 3.59. The quantitative estimate of drug-likeness (QED) is 0.365. The number of aliphatic hydroxyl groups is 1. The van der Waals surface area contributed by atoms with Crippen molar-refractivity contribution in [1.29, 1.82) is 0 Å². The Balaban J connectivity index is 0.00000288. The summed E-state index contributed by atoms with van der Waals surface area (Å²) >= 11 is 0. The van der Waals surface area contributed by atoms with Gasteiger partial charge in [-0.3, -0.25) is 4.99 Å². The van der Waals surface area contributed by atoms with E-state index in [-0.39, 0.29) is 36.0 Å². The van der Waals surface area contributed by atoms with Gasteiger partial charge in [0.2, 0.25) is 0 Å². The van der Waals surface area contributed by atoms with Gasteiger partial charge in [0, 0.05) is 30.6 Å². The van der Waals surface area contributed by atoms with Crippen LogP contribution < -0.4 is 10.6 Å². The third-order valence-electron chi connectivity index (χ3n) is 4.49. The molecule has 2 rings (SSSR count). The van der Waals surface area contributed by atoms with Gasteiger partial charge in [0.05, 0.1) is 11.8 Å². The van der Waals surface area contributed by atoms with Crippen molar-refractivity contribution >= 4 is 29.9 Å². The third kappa shape index (κ3) is 5.91. The summed E-state index contributed by atoms with van der Waals surface area (Å²) in [6.45, 7) is 9.67. The number of rotatable bonds is 5. The van der Waals surface area contributed by atoms with Crippen LogP contribution in [0.4, 0.5) is 0 Å². The van der Waals surface area contributed by atoms with E-state index < -0.39 is 0 Å².